The number of hydrogen-bond acceptors (Lipinski definition) is 1. The van der Waals surface area contributed by atoms with Crippen LogP contribution in [0.3, 0.4) is 0 Å². The lowest BCUT2D eigenvalue weighted by atomic mass is 10.1. The lowest BCUT2D eigenvalue weighted by Crippen LogP contribution is -2.23. The molecule has 0 bridgehead atoms. The van der Waals surface area contributed by atoms with Crippen molar-refractivity contribution in [3.63, 3.8) is 0 Å². The van der Waals surface area contributed by atoms with Gasteiger partial charge in [0.15, 0.2) is 0 Å². The molecule has 1 heterocycles. The second-order valence-corrected chi connectivity index (χ2v) is 5.18. The van der Waals surface area contributed by atoms with Gasteiger partial charge in [-0.3, -0.25) is 5.41 Å². The minimum atomic E-state index is -0.275. The van der Waals surface area contributed by atoms with Crippen molar-refractivity contribution in [1.29, 1.82) is 5.41 Å². The van der Waals surface area contributed by atoms with Crippen LogP contribution >= 0.6 is 0 Å². The molecule has 0 radical (unpaired) electrons. The van der Waals surface area contributed by atoms with E-state index in [1.54, 1.807) is 6.07 Å². The molecule has 2 aromatic carbocycles. The Morgan fingerprint density at radius 1 is 1.10 bits per heavy atom. The first-order valence-electron chi connectivity index (χ1n) is 6.87. The zero-order chi connectivity index (χ0) is 14.1. The number of halogens is 1. The Morgan fingerprint density at radius 3 is 2.50 bits per heavy atom. The van der Waals surface area contributed by atoms with Crippen LogP contribution in [0.1, 0.15) is 29.2 Å². The molecule has 0 aliphatic carbocycles. The molecule has 2 aromatic rings. The maximum atomic E-state index is 13.3. The molecule has 0 saturated heterocycles. The molecule has 3 rings (SSSR count). The molecule has 0 unspecified atom stereocenters. The van der Waals surface area contributed by atoms with E-state index < -0.39 is 0 Å². The van der Waals surface area contributed by atoms with Crippen molar-refractivity contribution >= 4 is 5.84 Å². The first-order chi connectivity index (χ1) is 9.67. The van der Waals surface area contributed by atoms with E-state index in [1.807, 2.05) is 4.90 Å². The van der Waals surface area contributed by atoms with Crippen LogP contribution in [0.25, 0.3) is 0 Å². The highest BCUT2D eigenvalue weighted by Crippen LogP contribution is 2.25. The minimum Gasteiger partial charge on any atom is -0.348 e. The number of fused-ring (bicyclic) bond motifs is 1. The molecule has 1 aliphatic rings. The number of benzene rings is 2. The molecule has 2 nitrogen and oxygen atoms in total. The second-order valence-electron chi connectivity index (χ2n) is 5.18. The van der Waals surface area contributed by atoms with Gasteiger partial charge >= 0.3 is 0 Å². The summed E-state index contributed by atoms with van der Waals surface area (Å²) in [5.74, 6) is 0.140. The van der Waals surface area contributed by atoms with Gasteiger partial charge in [0.1, 0.15) is 11.7 Å². The number of amidine groups is 1. The van der Waals surface area contributed by atoms with Gasteiger partial charge in [-0.15, -0.1) is 0 Å². The van der Waals surface area contributed by atoms with Crippen LogP contribution in [0, 0.1) is 11.2 Å². The van der Waals surface area contributed by atoms with E-state index >= 15 is 0 Å². The zero-order valence-corrected chi connectivity index (χ0v) is 11.5. The van der Waals surface area contributed by atoms with Crippen LogP contribution in [0.2, 0.25) is 0 Å². The number of rotatable bonds is 3. The molecule has 20 heavy (non-hydrogen) atoms. The summed E-state index contributed by atoms with van der Waals surface area (Å²) in [6.07, 6.45) is 1.03. The Labute approximate surface area is 118 Å². The summed E-state index contributed by atoms with van der Waals surface area (Å²) in [6.45, 7) is 3.51. The Morgan fingerprint density at radius 2 is 1.80 bits per heavy atom. The maximum absolute atomic E-state index is 13.3. The molecule has 0 amide bonds. The van der Waals surface area contributed by atoms with Gasteiger partial charge in [0.2, 0.25) is 0 Å². The van der Waals surface area contributed by atoms with Gasteiger partial charge in [-0.25, -0.2) is 4.39 Å². The summed E-state index contributed by atoms with van der Waals surface area (Å²) in [6, 6.07) is 13.2. The van der Waals surface area contributed by atoms with Gasteiger partial charge in [-0.2, -0.15) is 0 Å². The molecule has 0 saturated carbocycles. The topological polar surface area (TPSA) is 27.1 Å². The number of aryl methyl sites for hydroxylation is 1. The van der Waals surface area contributed by atoms with E-state index in [9.17, 15) is 4.39 Å². The van der Waals surface area contributed by atoms with Gasteiger partial charge in [0.25, 0.3) is 0 Å². The SMILES string of the molecule is CCc1ccc(CN2Cc3ccc(F)cc3C2=N)cc1. The number of hydrogen-bond donors (Lipinski definition) is 1. The highest BCUT2D eigenvalue weighted by molar-refractivity contribution is 6.00. The summed E-state index contributed by atoms with van der Waals surface area (Å²) in [5.41, 5.74) is 4.24. The fraction of sp³-hybridized carbons (Fsp3) is 0.235. The lowest BCUT2D eigenvalue weighted by Gasteiger charge is -2.18. The third-order valence-corrected chi connectivity index (χ3v) is 3.81. The van der Waals surface area contributed by atoms with E-state index in [-0.39, 0.29) is 5.82 Å². The van der Waals surface area contributed by atoms with E-state index in [0.717, 1.165) is 17.5 Å². The highest BCUT2D eigenvalue weighted by Gasteiger charge is 2.24. The number of nitrogens with one attached hydrogen (secondary N) is 1. The van der Waals surface area contributed by atoms with Crippen LogP contribution in [0.15, 0.2) is 42.5 Å². The smallest absolute Gasteiger partial charge is 0.129 e. The van der Waals surface area contributed by atoms with E-state index in [2.05, 4.69) is 31.2 Å². The molecule has 1 aliphatic heterocycles. The molecule has 3 heteroatoms. The van der Waals surface area contributed by atoms with E-state index in [1.165, 1.54) is 23.3 Å². The summed E-state index contributed by atoms with van der Waals surface area (Å²) in [4.78, 5) is 1.98. The molecule has 0 aromatic heterocycles. The molecular weight excluding hydrogens is 251 g/mol. The Balaban J connectivity index is 1.78. The van der Waals surface area contributed by atoms with Crippen molar-refractivity contribution < 1.29 is 4.39 Å². The van der Waals surface area contributed by atoms with Gasteiger partial charge in [-0.05, 0) is 35.2 Å². The maximum Gasteiger partial charge on any atom is 0.129 e. The highest BCUT2D eigenvalue weighted by atomic mass is 19.1. The van der Waals surface area contributed by atoms with Crippen molar-refractivity contribution in [2.75, 3.05) is 0 Å². The predicted octanol–water partition coefficient (Wildman–Crippen LogP) is 3.73. The minimum absolute atomic E-state index is 0.275. The second kappa shape index (κ2) is 5.08. The third-order valence-electron chi connectivity index (χ3n) is 3.81. The molecule has 102 valence electrons. The third kappa shape index (κ3) is 2.31. The zero-order valence-electron chi connectivity index (χ0n) is 11.5. The average molecular weight is 268 g/mol. The molecular formula is C17H17FN2. The van der Waals surface area contributed by atoms with Crippen LogP contribution in [0.5, 0.6) is 0 Å². The molecule has 0 fully saturated rings. The average Bonchev–Trinajstić information content (AvgIpc) is 2.76. The van der Waals surface area contributed by atoms with E-state index in [0.29, 0.717) is 18.9 Å². The summed E-state index contributed by atoms with van der Waals surface area (Å²) in [7, 11) is 0. The van der Waals surface area contributed by atoms with Crippen molar-refractivity contribution in [3.05, 3.63) is 70.5 Å². The predicted molar refractivity (Wildman–Crippen MR) is 78.3 cm³/mol. The Kier molecular flexibility index (Phi) is 3.26. The van der Waals surface area contributed by atoms with Crippen LogP contribution in [0.4, 0.5) is 4.39 Å². The van der Waals surface area contributed by atoms with Gasteiger partial charge in [-0.1, -0.05) is 37.3 Å². The van der Waals surface area contributed by atoms with Gasteiger partial charge in [0.05, 0.1) is 0 Å². The fourth-order valence-electron chi connectivity index (χ4n) is 2.60. The normalized spacial score (nSPS) is 13.7. The first kappa shape index (κ1) is 12.9. The first-order valence-corrected chi connectivity index (χ1v) is 6.87. The summed E-state index contributed by atoms with van der Waals surface area (Å²) in [5, 5.41) is 8.17. The molecule has 1 N–H and O–H groups in total. The standard InChI is InChI=1S/C17H17FN2/c1-2-12-3-5-13(6-4-12)10-20-11-14-7-8-15(18)9-16(14)17(20)19/h3-9,19H,2,10-11H2,1H3. The summed E-state index contributed by atoms with van der Waals surface area (Å²) >= 11 is 0. The lowest BCUT2D eigenvalue weighted by molar-refractivity contribution is 0.422. The Hall–Kier alpha value is -2.16. The van der Waals surface area contributed by atoms with Crippen LogP contribution < -0.4 is 0 Å². The van der Waals surface area contributed by atoms with Crippen LogP contribution in [-0.2, 0) is 19.5 Å². The quantitative estimate of drug-likeness (QED) is 0.902. The van der Waals surface area contributed by atoms with Crippen molar-refractivity contribution in [2.45, 2.75) is 26.4 Å². The van der Waals surface area contributed by atoms with Crippen molar-refractivity contribution in [1.82, 2.24) is 4.90 Å². The fourth-order valence-corrected chi connectivity index (χ4v) is 2.60. The monoisotopic (exact) mass is 268 g/mol. The largest absolute Gasteiger partial charge is 0.348 e. The van der Waals surface area contributed by atoms with Crippen LogP contribution in [-0.4, -0.2) is 10.7 Å². The molecule has 0 atom stereocenters. The van der Waals surface area contributed by atoms with Crippen molar-refractivity contribution in [2.24, 2.45) is 0 Å². The van der Waals surface area contributed by atoms with Gasteiger partial charge < -0.3 is 4.90 Å². The summed E-state index contributed by atoms with van der Waals surface area (Å²) < 4.78 is 13.3. The Bertz CT molecular complexity index is 647. The van der Waals surface area contributed by atoms with E-state index in [4.69, 9.17) is 5.41 Å². The van der Waals surface area contributed by atoms with Gasteiger partial charge in [0, 0.05) is 18.7 Å². The molecule has 0 spiro atoms. The van der Waals surface area contributed by atoms with Crippen molar-refractivity contribution in [3.8, 4) is 0 Å². The number of nitrogens with zero attached hydrogens (tertiary/aromatic N) is 1.